The summed E-state index contributed by atoms with van der Waals surface area (Å²) in [5.74, 6) is -0.854. The molecule has 3 aromatic rings. The second kappa shape index (κ2) is 7.47. The molecule has 0 aliphatic rings. The number of sulfone groups is 1. The summed E-state index contributed by atoms with van der Waals surface area (Å²) in [5, 5.41) is 0. The van der Waals surface area contributed by atoms with Gasteiger partial charge in [-0.25, -0.2) is 17.8 Å². The van der Waals surface area contributed by atoms with Crippen LogP contribution >= 0.6 is 0 Å². The van der Waals surface area contributed by atoms with Gasteiger partial charge in [-0.3, -0.25) is 0 Å². The summed E-state index contributed by atoms with van der Waals surface area (Å²) in [6, 6.07) is 11.3. The topological polar surface area (TPSA) is 56.3 Å². The lowest BCUT2D eigenvalue weighted by atomic mass is 9.93. The second-order valence-corrected chi connectivity index (χ2v) is 8.25. The third-order valence-corrected chi connectivity index (χ3v) is 5.33. The van der Waals surface area contributed by atoms with Gasteiger partial charge in [0.25, 0.3) is 0 Å². The first-order valence-corrected chi connectivity index (χ1v) is 10.1. The first kappa shape index (κ1) is 20.8. The molecule has 9 heteroatoms. The molecule has 0 bridgehead atoms. The van der Waals surface area contributed by atoms with Gasteiger partial charge in [-0.15, -0.1) is 0 Å². The van der Waals surface area contributed by atoms with Gasteiger partial charge >= 0.3 is 6.18 Å². The minimum atomic E-state index is -4.81. The third-order valence-electron chi connectivity index (χ3n) is 4.20. The largest absolute Gasteiger partial charge is 0.481 e. The highest BCUT2D eigenvalue weighted by Crippen LogP contribution is 2.43. The van der Waals surface area contributed by atoms with E-state index in [9.17, 15) is 26.0 Å². The van der Waals surface area contributed by atoms with Gasteiger partial charge in [0.1, 0.15) is 5.82 Å². The van der Waals surface area contributed by atoms with E-state index in [0.717, 1.165) is 18.4 Å². The fourth-order valence-corrected chi connectivity index (χ4v) is 3.48. The van der Waals surface area contributed by atoms with E-state index < -0.39 is 27.5 Å². The van der Waals surface area contributed by atoms with Gasteiger partial charge in [-0.1, -0.05) is 24.3 Å². The molecule has 29 heavy (non-hydrogen) atoms. The number of nitrogens with zero attached hydrogens (tertiary/aromatic N) is 1. The molecule has 0 unspecified atom stereocenters. The Kier molecular flexibility index (Phi) is 5.36. The van der Waals surface area contributed by atoms with Crippen LogP contribution in [0, 0.1) is 5.82 Å². The lowest BCUT2D eigenvalue weighted by Gasteiger charge is -2.18. The number of halogens is 4. The van der Waals surface area contributed by atoms with Crippen molar-refractivity contribution in [3.8, 4) is 28.1 Å². The Hall–Kier alpha value is -2.94. The molecule has 0 N–H and O–H groups in total. The number of hydrogen-bond donors (Lipinski definition) is 0. The van der Waals surface area contributed by atoms with Gasteiger partial charge in [0.2, 0.25) is 5.88 Å². The molecular formula is C20H15F4NO3S. The highest BCUT2D eigenvalue weighted by molar-refractivity contribution is 7.90. The van der Waals surface area contributed by atoms with Crippen LogP contribution in [0.15, 0.2) is 59.5 Å². The van der Waals surface area contributed by atoms with Crippen LogP contribution in [0.25, 0.3) is 22.3 Å². The van der Waals surface area contributed by atoms with Crippen LogP contribution in [0.1, 0.15) is 5.69 Å². The van der Waals surface area contributed by atoms with Crippen molar-refractivity contribution < 1.29 is 30.7 Å². The van der Waals surface area contributed by atoms with E-state index in [1.807, 2.05) is 0 Å². The van der Waals surface area contributed by atoms with E-state index in [1.54, 1.807) is 0 Å². The zero-order valence-corrected chi connectivity index (χ0v) is 16.1. The molecule has 3 rings (SSSR count). The zero-order chi connectivity index (χ0) is 21.4. The summed E-state index contributed by atoms with van der Waals surface area (Å²) in [6.07, 6.45) is -3.77. The zero-order valence-electron chi connectivity index (χ0n) is 15.3. The molecule has 4 nitrogen and oxygen atoms in total. The maximum atomic E-state index is 13.8. The monoisotopic (exact) mass is 425 g/mol. The summed E-state index contributed by atoms with van der Waals surface area (Å²) >= 11 is 0. The molecule has 1 heterocycles. The van der Waals surface area contributed by atoms with E-state index in [4.69, 9.17) is 4.74 Å². The van der Waals surface area contributed by atoms with Gasteiger partial charge in [0.15, 0.2) is 15.5 Å². The first-order chi connectivity index (χ1) is 13.5. The minimum absolute atomic E-state index is 0.0293. The summed E-state index contributed by atoms with van der Waals surface area (Å²) < 4.78 is 82.9. The molecular weight excluding hydrogens is 410 g/mol. The van der Waals surface area contributed by atoms with Crippen LogP contribution in [0.5, 0.6) is 5.88 Å². The van der Waals surface area contributed by atoms with Crippen molar-refractivity contribution in [3.63, 3.8) is 0 Å². The minimum Gasteiger partial charge on any atom is -0.481 e. The Morgan fingerprint density at radius 3 is 1.97 bits per heavy atom. The molecule has 0 saturated carbocycles. The number of alkyl halides is 3. The number of methoxy groups -OCH3 is 1. The Bertz CT molecular complexity index is 1140. The average Bonchev–Trinajstić information content (AvgIpc) is 2.66. The molecule has 0 spiro atoms. The predicted octanol–water partition coefficient (Wildman–Crippen LogP) is 4.99. The molecule has 0 aliphatic carbocycles. The van der Waals surface area contributed by atoms with Crippen molar-refractivity contribution in [1.82, 2.24) is 4.98 Å². The van der Waals surface area contributed by atoms with Gasteiger partial charge < -0.3 is 4.74 Å². The van der Waals surface area contributed by atoms with E-state index in [0.29, 0.717) is 5.56 Å². The summed E-state index contributed by atoms with van der Waals surface area (Å²) in [7, 11) is -2.28. The first-order valence-electron chi connectivity index (χ1n) is 8.23. The molecule has 0 aliphatic heterocycles. The lowest BCUT2D eigenvalue weighted by molar-refractivity contribution is -0.140. The molecule has 2 aromatic carbocycles. The predicted molar refractivity (Wildman–Crippen MR) is 99.7 cm³/mol. The van der Waals surface area contributed by atoms with Crippen LogP contribution in [0.3, 0.4) is 0 Å². The van der Waals surface area contributed by atoms with Crippen molar-refractivity contribution >= 4 is 9.84 Å². The normalized spacial score (nSPS) is 12.1. The lowest BCUT2D eigenvalue weighted by Crippen LogP contribution is -2.12. The van der Waals surface area contributed by atoms with E-state index in [1.165, 1.54) is 49.6 Å². The smallest absolute Gasteiger partial charge is 0.434 e. The number of benzene rings is 2. The van der Waals surface area contributed by atoms with Crippen molar-refractivity contribution in [2.24, 2.45) is 0 Å². The second-order valence-electron chi connectivity index (χ2n) is 6.24. The van der Waals surface area contributed by atoms with Gasteiger partial charge in [0, 0.05) is 17.9 Å². The molecule has 0 atom stereocenters. The third kappa shape index (κ3) is 4.40. The van der Waals surface area contributed by atoms with Gasteiger partial charge in [-0.05, 0) is 41.0 Å². The Morgan fingerprint density at radius 2 is 1.48 bits per heavy atom. The molecule has 0 saturated heterocycles. The Morgan fingerprint density at radius 1 is 0.931 bits per heavy atom. The highest BCUT2D eigenvalue weighted by Gasteiger charge is 2.38. The number of rotatable bonds is 4. The van der Waals surface area contributed by atoms with E-state index in [2.05, 4.69) is 4.98 Å². The van der Waals surface area contributed by atoms with E-state index >= 15 is 0 Å². The SMILES string of the molecule is COc1cc(-c2ccc(S(C)(=O)=O)cc2)c(-c2ccc(F)cc2)c(C(F)(F)F)n1. The highest BCUT2D eigenvalue weighted by atomic mass is 32.2. The summed E-state index contributed by atoms with van der Waals surface area (Å²) in [6.45, 7) is 0. The maximum absolute atomic E-state index is 13.8. The standard InChI is InChI=1S/C20H15F4NO3S/c1-28-17-11-16(12-5-9-15(10-6-12)29(2,26)27)18(19(25-17)20(22,23)24)13-3-7-14(21)8-4-13/h3-11H,1-2H3. The van der Waals surface area contributed by atoms with Gasteiger partial charge in [0.05, 0.1) is 12.0 Å². The Balaban J connectivity index is 2.33. The van der Waals surface area contributed by atoms with Gasteiger partial charge in [-0.2, -0.15) is 13.2 Å². The van der Waals surface area contributed by atoms with Crippen molar-refractivity contribution in [2.45, 2.75) is 11.1 Å². The average molecular weight is 425 g/mol. The van der Waals surface area contributed by atoms with E-state index in [-0.39, 0.29) is 27.5 Å². The van der Waals surface area contributed by atoms with Crippen LogP contribution in [-0.2, 0) is 16.0 Å². The fraction of sp³-hybridized carbons (Fsp3) is 0.150. The number of pyridine rings is 1. The molecule has 0 amide bonds. The molecule has 0 radical (unpaired) electrons. The van der Waals surface area contributed by atoms with Crippen LogP contribution in [0.4, 0.5) is 17.6 Å². The van der Waals surface area contributed by atoms with Crippen molar-refractivity contribution in [1.29, 1.82) is 0 Å². The van der Waals surface area contributed by atoms with Crippen LogP contribution in [0.2, 0.25) is 0 Å². The van der Waals surface area contributed by atoms with Crippen molar-refractivity contribution in [2.75, 3.05) is 13.4 Å². The summed E-state index contributed by atoms with van der Waals surface area (Å²) in [5.41, 5.74) is -0.897. The molecule has 0 fully saturated rings. The number of ether oxygens (including phenoxy) is 1. The van der Waals surface area contributed by atoms with Crippen molar-refractivity contribution in [3.05, 3.63) is 66.1 Å². The maximum Gasteiger partial charge on any atom is 0.434 e. The summed E-state index contributed by atoms with van der Waals surface area (Å²) in [4.78, 5) is 3.60. The molecule has 1 aromatic heterocycles. The molecule has 152 valence electrons. The Labute approximate surface area is 164 Å². The van der Waals surface area contributed by atoms with Crippen LogP contribution in [-0.4, -0.2) is 26.8 Å². The van der Waals surface area contributed by atoms with Crippen LogP contribution < -0.4 is 4.74 Å². The quantitative estimate of drug-likeness (QED) is 0.553. The number of aromatic nitrogens is 1. The number of hydrogen-bond acceptors (Lipinski definition) is 4. The fourth-order valence-electron chi connectivity index (χ4n) is 2.85.